The van der Waals surface area contributed by atoms with Gasteiger partial charge in [-0.05, 0) is 24.6 Å². The van der Waals surface area contributed by atoms with Crippen LogP contribution in [0.25, 0.3) is 0 Å². The number of hydrogen-bond acceptors (Lipinski definition) is 3. The second kappa shape index (κ2) is 4.17. The van der Waals surface area contributed by atoms with E-state index in [2.05, 4.69) is 0 Å². The zero-order chi connectivity index (χ0) is 12.5. The number of aryl methyl sites for hydroxylation is 1. The zero-order valence-electron chi connectivity index (χ0n) is 8.15. The van der Waals surface area contributed by atoms with E-state index in [-0.39, 0.29) is 0 Å². The number of rotatable bonds is 3. The molecular weight excluding hydrogens is 242 g/mol. The third kappa shape index (κ3) is 2.19. The van der Waals surface area contributed by atoms with Gasteiger partial charge in [-0.2, -0.15) is 8.78 Å². The molecule has 16 heavy (non-hydrogen) atoms. The van der Waals surface area contributed by atoms with Crippen LogP contribution in [0.3, 0.4) is 0 Å². The van der Waals surface area contributed by atoms with E-state index in [0.29, 0.717) is 5.56 Å². The smallest absolute Gasteiger partial charge is 0.341 e. The third-order valence-corrected chi connectivity index (χ3v) is 3.33. The van der Waals surface area contributed by atoms with E-state index in [4.69, 9.17) is 5.11 Å². The first-order valence-electron chi connectivity index (χ1n) is 4.13. The predicted octanol–water partition coefficient (Wildman–Crippen LogP) is 1.69. The molecule has 0 heterocycles. The summed E-state index contributed by atoms with van der Waals surface area (Å²) in [6, 6.07) is 3.26. The number of benzene rings is 1. The topological polar surface area (TPSA) is 71.4 Å². The third-order valence-electron chi connectivity index (χ3n) is 1.91. The minimum Gasteiger partial charge on any atom is -0.478 e. The molecule has 0 unspecified atom stereocenters. The lowest BCUT2D eigenvalue weighted by Crippen LogP contribution is -2.16. The molecule has 0 aliphatic heterocycles. The van der Waals surface area contributed by atoms with Gasteiger partial charge in [-0.15, -0.1) is 0 Å². The molecule has 1 rings (SSSR count). The average Bonchev–Trinajstić information content (AvgIpc) is 2.16. The van der Waals surface area contributed by atoms with Crippen LogP contribution in [0.2, 0.25) is 0 Å². The summed E-state index contributed by atoms with van der Waals surface area (Å²) in [6.45, 7) is 1.48. The van der Waals surface area contributed by atoms with E-state index in [0.717, 1.165) is 12.1 Å². The number of halogens is 2. The van der Waals surface area contributed by atoms with Crippen LogP contribution < -0.4 is 0 Å². The van der Waals surface area contributed by atoms with Crippen molar-refractivity contribution in [2.24, 2.45) is 0 Å². The number of hydrogen-bond donors (Lipinski definition) is 1. The molecular formula is C9H8F2O4S. The standard InChI is InChI=1S/C9H8F2O4S/c1-5-2-3-6(8(12)13)7(4-5)16(14,15)9(10)11/h2-4,9H,1H3,(H,12,13). The SMILES string of the molecule is Cc1ccc(C(=O)O)c(S(=O)(=O)C(F)F)c1. The first-order chi connectivity index (χ1) is 7.26. The largest absolute Gasteiger partial charge is 0.478 e. The van der Waals surface area contributed by atoms with E-state index < -0.39 is 32.0 Å². The first-order valence-corrected chi connectivity index (χ1v) is 5.67. The van der Waals surface area contributed by atoms with Gasteiger partial charge in [-0.1, -0.05) is 6.07 Å². The fraction of sp³-hybridized carbons (Fsp3) is 0.222. The highest BCUT2D eigenvalue weighted by Gasteiger charge is 2.31. The number of sulfone groups is 1. The van der Waals surface area contributed by atoms with Gasteiger partial charge < -0.3 is 5.11 Å². The Morgan fingerprint density at radius 2 is 1.94 bits per heavy atom. The van der Waals surface area contributed by atoms with Gasteiger partial charge in [0.1, 0.15) is 0 Å². The molecule has 0 fully saturated rings. The summed E-state index contributed by atoms with van der Waals surface area (Å²) in [7, 11) is -4.89. The van der Waals surface area contributed by atoms with Crippen molar-refractivity contribution in [3.63, 3.8) is 0 Å². The zero-order valence-corrected chi connectivity index (χ0v) is 8.96. The molecule has 0 bridgehead atoms. The Labute approximate surface area is 90.4 Å². The molecule has 0 radical (unpaired) electrons. The van der Waals surface area contributed by atoms with Gasteiger partial charge in [-0.25, -0.2) is 13.2 Å². The molecule has 0 aliphatic rings. The molecule has 88 valence electrons. The van der Waals surface area contributed by atoms with E-state index in [1.54, 1.807) is 0 Å². The lowest BCUT2D eigenvalue weighted by molar-refractivity contribution is 0.0692. The van der Waals surface area contributed by atoms with Crippen molar-refractivity contribution < 1.29 is 27.1 Å². The molecule has 1 N–H and O–H groups in total. The number of aromatic carboxylic acids is 1. The molecule has 0 aliphatic carbocycles. The van der Waals surface area contributed by atoms with Crippen LogP contribution in [0.4, 0.5) is 8.78 Å². The van der Waals surface area contributed by atoms with Crippen LogP contribution >= 0.6 is 0 Å². The van der Waals surface area contributed by atoms with Crippen LogP contribution in [0.15, 0.2) is 23.1 Å². The van der Waals surface area contributed by atoms with Crippen molar-refractivity contribution in [1.82, 2.24) is 0 Å². The average molecular weight is 250 g/mol. The maximum absolute atomic E-state index is 12.3. The summed E-state index contributed by atoms with van der Waals surface area (Å²) in [6.07, 6.45) is 0. The quantitative estimate of drug-likeness (QED) is 0.886. The predicted molar refractivity (Wildman–Crippen MR) is 51.3 cm³/mol. The molecule has 0 saturated carbocycles. The summed E-state index contributed by atoms with van der Waals surface area (Å²) in [5.41, 5.74) is -0.255. The molecule has 0 amide bonds. The molecule has 1 aromatic carbocycles. The van der Waals surface area contributed by atoms with Gasteiger partial charge in [0.05, 0.1) is 10.5 Å². The first kappa shape index (κ1) is 12.6. The molecule has 1 aromatic rings. The highest BCUT2D eigenvalue weighted by Crippen LogP contribution is 2.23. The fourth-order valence-corrected chi connectivity index (χ4v) is 2.14. The van der Waals surface area contributed by atoms with Gasteiger partial charge in [0.15, 0.2) is 0 Å². The Morgan fingerprint density at radius 1 is 1.38 bits per heavy atom. The molecule has 7 heteroatoms. The van der Waals surface area contributed by atoms with Crippen molar-refractivity contribution in [2.75, 3.05) is 0 Å². The van der Waals surface area contributed by atoms with Crippen LogP contribution in [0, 0.1) is 6.92 Å². The second-order valence-corrected chi connectivity index (χ2v) is 5.00. The monoisotopic (exact) mass is 250 g/mol. The number of carboxylic acids is 1. The number of carboxylic acid groups (broad SMARTS) is 1. The highest BCUT2D eigenvalue weighted by atomic mass is 32.2. The van der Waals surface area contributed by atoms with Crippen molar-refractivity contribution >= 4 is 15.8 Å². The van der Waals surface area contributed by atoms with Gasteiger partial charge in [0.25, 0.3) is 0 Å². The van der Waals surface area contributed by atoms with Crippen molar-refractivity contribution in [3.05, 3.63) is 29.3 Å². The van der Waals surface area contributed by atoms with Gasteiger partial charge in [-0.3, -0.25) is 0 Å². The lowest BCUT2D eigenvalue weighted by Gasteiger charge is -2.07. The fourth-order valence-electron chi connectivity index (χ4n) is 1.14. The van der Waals surface area contributed by atoms with Gasteiger partial charge >= 0.3 is 11.7 Å². The van der Waals surface area contributed by atoms with E-state index >= 15 is 0 Å². The maximum Gasteiger partial charge on any atom is 0.341 e. The van der Waals surface area contributed by atoms with Crippen LogP contribution in [-0.4, -0.2) is 25.3 Å². The van der Waals surface area contributed by atoms with Crippen LogP contribution in [0.1, 0.15) is 15.9 Å². The Hall–Kier alpha value is -1.50. The van der Waals surface area contributed by atoms with E-state index in [1.165, 1.54) is 13.0 Å². The van der Waals surface area contributed by atoms with Gasteiger partial charge in [0, 0.05) is 0 Å². The maximum atomic E-state index is 12.3. The van der Waals surface area contributed by atoms with Crippen molar-refractivity contribution in [3.8, 4) is 0 Å². The molecule has 0 atom stereocenters. The number of alkyl halides is 2. The number of carbonyl (C=O) groups is 1. The second-order valence-electron chi connectivity index (χ2n) is 3.11. The molecule has 0 spiro atoms. The summed E-state index contributed by atoms with van der Waals surface area (Å²) in [5, 5.41) is 8.69. The molecule has 0 saturated heterocycles. The molecule has 0 aromatic heterocycles. The summed E-state index contributed by atoms with van der Waals surface area (Å²) in [4.78, 5) is 9.84. The Balaban J connectivity index is 3.54. The minimum atomic E-state index is -4.89. The highest BCUT2D eigenvalue weighted by molar-refractivity contribution is 7.91. The summed E-state index contributed by atoms with van der Waals surface area (Å²) >= 11 is 0. The Morgan fingerprint density at radius 3 is 2.38 bits per heavy atom. The minimum absolute atomic E-state index is 0.393. The molecule has 4 nitrogen and oxygen atoms in total. The summed E-state index contributed by atoms with van der Waals surface area (Å²) in [5.74, 6) is -5.19. The summed E-state index contributed by atoms with van der Waals surface area (Å²) < 4.78 is 47.0. The lowest BCUT2D eigenvalue weighted by atomic mass is 10.1. The van der Waals surface area contributed by atoms with Crippen LogP contribution in [-0.2, 0) is 9.84 Å². The van der Waals surface area contributed by atoms with Crippen molar-refractivity contribution in [2.45, 2.75) is 17.6 Å². The Bertz CT molecular complexity index is 522. The Kier molecular flexibility index (Phi) is 3.27. The van der Waals surface area contributed by atoms with Gasteiger partial charge in [0.2, 0.25) is 9.84 Å². The van der Waals surface area contributed by atoms with E-state index in [1.807, 2.05) is 0 Å². The van der Waals surface area contributed by atoms with E-state index in [9.17, 15) is 22.0 Å². The normalized spacial score (nSPS) is 11.8. The van der Waals surface area contributed by atoms with Crippen LogP contribution in [0.5, 0.6) is 0 Å². The van der Waals surface area contributed by atoms with Crippen molar-refractivity contribution in [1.29, 1.82) is 0 Å².